The van der Waals surface area contributed by atoms with E-state index < -0.39 is 27.9 Å². The number of carbonyl (C=O) groups is 2. The minimum absolute atomic E-state index is 0.0117. The van der Waals surface area contributed by atoms with Crippen LogP contribution < -0.4 is 10.0 Å². The van der Waals surface area contributed by atoms with Gasteiger partial charge in [-0.3, -0.25) is 4.79 Å². The van der Waals surface area contributed by atoms with Crippen molar-refractivity contribution in [1.29, 1.82) is 0 Å². The molecule has 8 heteroatoms. The molecule has 0 saturated heterocycles. The number of sulfonamides is 1. The second-order valence-electron chi connectivity index (χ2n) is 5.59. The molecule has 0 aliphatic heterocycles. The SMILES string of the molecule is C/C=C/CC(NC(=O)c1cccc(S(=O)(=O)NC2CC2)c1)C(=O)O. The van der Waals surface area contributed by atoms with Crippen molar-refractivity contribution in [2.45, 2.75) is 43.2 Å². The molecule has 1 saturated carbocycles. The predicted octanol–water partition coefficient (Wildman–Crippen LogP) is 1.28. The fourth-order valence-corrected chi connectivity index (χ4v) is 3.38. The Morgan fingerprint density at radius 3 is 2.67 bits per heavy atom. The van der Waals surface area contributed by atoms with E-state index in [1.807, 2.05) is 0 Å². The van der Waals surface area contributed by atoms with Crippen LogP contribution in [0.15, 0.2) is 41.3 Å². The molecule has 0 spiro atoms. The molecule has 0 radical (unpaired) electrons. The van der Waals surface area contributed by atoms with Gasteiger partial charge >= 0.3 is 5.97 Å². The molecule has 1 aromatic rings. The topological polar surface area (TPSA) is 113 Å². The van der Waals surface area contributed by atoms with Gasteiger partial charge in [0.25, 0.3) is 5.91 Å². The van der Waals surface area contributed by atoms with E-state index >= 15 is 0 Å². The van der Waals surface area contributed by atoms with Gasteiger partial charge in [-0.1, -0.05) is 18.2 Å². The molecule has 1 aliphatic rings. The zero-order valence-corrected chi connectivity index (χ0v) is 14.0. The van der Waals surface area contributed by atoms with Crippen LogP contribution in [0, 0.1) is 0 Å². The van der Waals surface area contributed by atoms with Crippen LogP contribution in [0.1, 0.15) is 36.5 Å². The Balaban J connectivity index is 2.14. The summed E-state index contributed by atoms with van der Waals surface area (Å²) < 4.78 is 26.9. The first-order valence-electron chi connectivity index (χ1n) is 7.60. The predicted molar refractivity (Wildman–Crippen MR) is 88.1 cm³/mol. The Morgan fingerprint density at radius 1 is 1.38 bits per heavy atom. The summed E-state index contributed by atoms with van der Waals surface area (Å²) in [5, 5.41) is 11.5. The molecule has 0 aromatic heterocycles. The van der Waals surface area contributed by atoms with Crippen molar-refractivity contribution in [2.24, 2.45) is 0 Å². The van der Waals surface area contributed by atoms with Crippen molar-refractivity contribution in [3.8, 4) is 0 Å². The Bertz CT molecular complexity index is 753. The molecule has 1 atom stereocenters. The molecule has 1 unspecified atom stereocenters. The minimum Gasteiger partial charge on any atom is -0.480 e. The lowest BCUT2D eigenvalue weighted by Gasteiger charge is -2.13. The molecule has 1 aliphatic carbocycles. The number of carboxylic acids is 1. The molecular weight excluding hydrogens is 332 g/mol. The number of amides is 1. The largest absolute Gasteiger partial charge is 0.480 e. The Morgan fingerprint density at radius 2 is 2.08 bits per heavy atom. The zero-order valence-electron chi connectivity index (χ0n) is 13.2. The molecule has 2 rings (SSSR count). The highest BCUT2D eigenvalue weighted by Crippen LogP contribution is 2.22. The summed E-state index contributed by atoms with van der Waals surface area (Å²) in [5.41, 5.74) is 0.0976. The highest BCUT2D eigenvalue weighted by atomic mass is 32.2. The molecule has 24 heavy (non-hydrogen) atoms. The summed E-state index contributed by atoms with van der Waals surface area (Å²) in [4.78, 5) is 23.4. The lowest BCUT2D eigenvalue weighted by Crippen LogP contribution is -2.40. The van der Waals surface area contributed by atoms with Gasteiger partial charge in [-0.25, -0.2) is 17.9 Å². The Labute approximate surface area is 140 Å². The number of hydrogen-bond donors (Lipinski definition) is 3. The van der Waals surface area contributed by atoms with Crippen LogP contribution in [0.25, 0.3) is 0 Å². The maximum atomic E-state index is 12.2. The number of rotatable bonds is 8. The van der Waals surface area contributed by atoms with Crippen molar-refractivity contribution >= 4 is 21.9 Å². The number of aliphatic carboxylic acids is 1. The monoisotopic (exact) mass is 352 g/mol. The van der Waals surface area contributed by atoms with E-state index in [1.165, 1.54) is 24.3 Å². The van der Waals surface area contributed by atoms with Gasteiger partial charge in [-0.2, -0.15) is 0 Å². The lowest BCUT2D eigenvalue weighted by molar-refractivity contribution is -0.139. The van der Waals surface area contributed by atoms with Crippen LogP contribution in [-0.4, -0.2) is 37.5 Å². The van der Waals surface area contributed by atoms with E-state index in [-0.39, 0.29) is 22.9 Å². The van der Waals surface area contributed by atoms with Crippen LogP contribution in [0.4, 0.5) is 0 Å². The maximum Gasteiger partial charge on any atom is 0.326 e. The first kappa shape index (κ1) is 18.2. The smallest absolute Gasteiger partial charge is 0.326 e. The van der Waals surface area contributed by atoms with Gasteiger partial charge in [0.2, 0.25) is 10.0 Å². The van der Waals surface area contributed by atoms with Crippen LogP contribution in [-0.2, 0) is 14.8 Å². The maximum absolute atomic E-state index is 12.2. The van der Waals surface area contributed by atoms with E-state index in [0.29, 0.717) is 0 Å². The van der Waals surface area contributed by atoms with E-state index in [0.717, 1.165) is 12.8 Å². The fraction of sp³-hybridized carbons (Fsp3) is 0.375. The Kier molecular flexibility index (Phi) is 5.74. The van der Waals surface area contributed by atoms with Crippen LogP contribution in [0.3, 0.4) is 0 Å². The van der Waals surface area contributed by atoms with Gasteiger partial charge in [-0.05, 0) is 44.4 Å². The molecular formula is C16H20N2O5S. The molecule has 7 nitrogen and oxygen atoms in total. The van der Waals surface area contributed by atoms with Gasteiger partial charge in [0.1, 0.15) is 6.04 Å². The minimum atomic E-state index is -3.67. The highest BCUT2D eigenvalue weighted by Gasteiger charge is 2.28. The van der Waals surface area contributed by atoms with Crippen LogP contribution in [0.5, 0.6) is 0 Å². The fourth-order valence-electron chi connectivity index (χ4n) is 2.03. The quantitative estimate of drug-likeness (QED) is 0.610. The number of allylic oxidation sites excluding steroid dienone is 1. The third-order valence-electron chi connectivity index (χ3n) is 3.52. The first-order valence-corrected chi connectivity index (χ1v) is 9.09. The third kappa shape index (κ3) is 4.90. The van der Waals surface area contributed by atoms with E-state index in [2.05, 4.69) is 10.0 Å². The Hall–Kier alpha value is -2.19. The van der Waals surface area contributed by atoms with Crippen LogP contribution >= 0.6 is 0 Å². The average Bonchev–Trinajstić information content (AvgIpc) is 3.34. The molecule has 130 valence electrons. The number of benzene rings is 1. The summed E-state index contributed by atoms with van der Waals surface area (Å²) in [6, 6.07) is 4.44. The van der Waals surface area contributed by atoms with Crippen molar-refractivity contribution in [3.63, 3.8) is 0 Å². The molecule has 3 N–H and O–H groups in total. The van der Waals surface area contributed by atoms with Gasteiger partial charge in [0.05, 0.1) is 4.90 Å². The van der Waals surface area contributed by atoms with E-state index in [4.69, 9.17) is 5.11 Å². The van der Waals surface area contributed by atoms with Crippen LogP contribution in [0.2, 0.25) is 0 Å². The summed E-state index contributed by atoms with van der Waals surface area (Å²) in [5.74, 6) is -1.78. The number of hydrogen-bond acceptors (Lipinski definition) is 4. The summed E-state index contributed by atoms with van der Waals surface area (Å²) in [6.45, 7) is 1.75. The number of nitrogens with one attached hydrogen (secondary N) is 2. The second kappa shape index (κ2) is 7.59. The van der Waals surface area contributed by atoms with E-state index in [9.17, 15) is 18.0 Å². The summed E-state index contributed by atoms with van der Waals surface area (Å²) >= 11 is 0. The molecule has 0 heterocycles. The molecule has 0 bridgehead atoms. The zero-order chi connectivity index (χ0) is 17.7. The van der Waals surface area contributed by atoms with E-state index in [1.54, 1.807) is 19.1 Å². The van der Waals surface area contributed by atoms with Gasteiger partial charge in [-0.15, -0.1) is 0 Å². The number of carboxylic acid groups (broad SMARTS) is 1. The summed E-state index contributed by atoms with van der Waals surface area (Å²) in [6.07, 6.45) is 5.10. The highest BCUT2D eigenvalue weighted by molar-refractivity contribution is 7.89. The van der Waals surface area contributed by atoms with Crippen molar-refractivity contribution in [1.82, 2.24) is 10.0 Å². The van der Waals surface area contributed by atoms with Gasteiger partial charge < -0.3 is 10.4 Å². The van der Waals surface area contributed by atoms with Gasteiger partial charge in [0, 0.05) is 11.6 Å². The van der Waals surface area contributed by atoms with Crippen molar-refractivity contribution in [3.05, 3.63) is 42.0 Å². The van der Waals surface area contributed by atoms with Crippen molar-refractivity contribution in [2.75, 3.05) is 0 Å². The number of carbonyl (C=O) groups excluding carboxylic acids is 1. The molecule has 1 fully saturated rings. The summed E-state index contributed by atoms with van der Waals surface area (Å²) in [7, 11) is -3.67. The molecule has 1 aromatic carbocycles. The van der Waals surface area contributed by atoms with Crippen molar-refractivity contribution < 1.29 is 23.1 Å². The molecule has 1 amide bonds. The lowest BCUT2D eigenvalue weighted by atomic mass is 10.1. The standard InChI is InChI=1S/C16H20N2O5S/c1-2-3-7-14(16(20)21)17-15(19)11-5-4-6-13(10-11)24(22,23)18-12-8-9-12/h2-6,10,12,14,18H,7-9H2,1H3,(H,17,19)(H,20,21)/b3-2+. The third-order valence-corrected chi connectivity index (χ3v) is 5.03. The van der Waals surface area contributed by atoms with Gasteiger partial charge in [0.15, 0.2) is 0 Å². The normalized spacial score (nSPS) is 16.0. The first-order chi connectivity index (χ1) is 11.3. The average molecular weight is 352 g/mol. The second-order valence-corrected chi connectivity index (χ2v) is 7.31.